The van der Waals surface area contributed by atoms with Crippen LogP contribution in [0.2, 0.25) is 0 Å². The van der Waals surface area contributed by atoms with Gasteiger partial charge in [0.15, 0.2) is 0 Å². The van der Waals surface area contributed by atoms with Crippen LogP contribution in [0.4, 0.5) is 0 Å². The largest absolute Gasteiger partial charge is 0.311 e. The lowest BCUT2D eigenvalue weighted by Crippen LogP contribution is -2.61. The van der Waals surface area contributed by atoms with Crippen LogP contribution in [0.5, 0.6) is 0 Å². The van der Waals surface area contributed by atoms with Gasteiger partial charge in [-0.2, -0.15) is 0 Å². The Bertz CT molecular complexity index is 181. The molecule has 2 atom stereocenters. The van der Waals surface area contributed by atoms with Gasteiger partial charge in [-0.3, -0.25) is 4.90 Å². The van der Waals surface area contributed by atoms with Gasteiger partial charge < -0.3 is 5.32 Å². The number of hydrogen-bond acceptors (Lipinski definition) is 2. The zero-order chi connectivity index (χ0) is 10.9. The molecule has 2 unspecified atom stereocenters. The fraction of sp³-hybridized carbons (Fsp3) is 1.00. The molecular weight excluding hydrogens is 172 g/mol. The summed E-state index contributed by atoms with van der Waals surface area (Å²) < 4.78 is 0. The van der Waals surface area contributed by atoms with E-state index in [9.17, 15) is 0 Å². The van der Waals surface area contributed by atoms with Crippen LogP contribution in [0.1, 0.15) is 41.5 Å². The van der Waals surface area contributed by atoms with Crippen LogP contribution in [0.15, 0.2) is 0 Å². The van der Waals surface area contributed by atoms with Gasteiger partial charge >= 0.3 is 0 Å². The average molecular weight is 198 g/mol. The molecule has 1 aliphatic rings. The zero-order valence-electron chi connectivity index (χ0n) is 10.6. The van der Waals surface area contributed by atoms with Crippen LogP contribution in [-0.2, 0) is 0 Å². The van der Waals surface area contributed by atoms with E-state index in [2.05, 4.69) is 51.8 Å². The fourth-order valence-corrected chi connectivity index (χ4v) is 2.31. The second-order valence-electron chi connectivity index (χ2n) is 5.98. The van der Waals surface area contributed by atoms with Crippen molar-refractivity contribution < 1.29 is 0 Å². The van der Waals surface area contributed by atoms with Crippen molar-refractivity contribution >= 4 is 0 Å². The third kappa shape index (κ3) is 2.71. The van der Waals surface area contributed by atoms with Gasteiger partial charge in [-0.25, -0.2) is 0 Å². The minimum atomic E-state index is 0.372. The summed E-state index contributed by atoms with van der Waals surface area (Å²) in [7, 11) is 0. The summed E-state index contributed by atoms with van der Waals surface area (Å²) in [5.74, 6) is 0. The molecule has 0 aromatic rings. The normalized spacial score (nSPS) is 31.1. The van der Waals surface area contributed by atoms with Gasteiger partial charge in [-0.15, -0.1) is 0 Å². The van der Waals surface area contributed by atoms with E-state index < -0.39 is 0 Å². The van der Waals surface area contributed by atoms with E-state index in [1.165, 1.54) is 6.54 Å². The molecule has 0 radical (unpaired) electrons. The number of nitrogens with zero attached hydrogens (tertiary/aromatic N) is 1. The third-order valence-electron chi connectivity index (χ3n) is 3.21. The maximum atomic E-state index is 3.58. The Kier molecular flexibility index (Phi) is 3.59. The molecule has 1 N–H and O–H groups in total. The van der Waals surface area contributed by atoms with Gasteiger partial charge in [0.25, 0.3) is 0 Å². The van der Waals surface area contributed by atoms with Crippen molar-refractivity contribution in [3.8, 4) is 0 Å². The SMILES string of the molecule is CC1CN(C(C)C)C(C(C)(C)C)CN1. The van der Waals surface area contributed by atoms with Crippen molar-refractivity contribution in [3.63, 3.8) is 0 Å². The molecule has 14 heavy (non-hydrogen) atoms. The average Bonchev–Trinajstić information content (AvgIpc) is 2.01. The molecule has 0 amide bonds. The summed E-state index contributed by atoms with van der Waals surface area (Å²) in [4.78, 5) is 2.64. The molecule has 1 heterocycles. The van der Waals surface area contributed by atoms with E-state index in [0.717, 1.165) is 6.54 Å². The molecule has 0 bridgehead atoms. The first-order valence-electron chi connectivity index (χ1n) is 5.81. The van der Waals surface area contributed by atoms with Gasteiger partial charge in [0, 0.05) is 31.2 Å². The topological polar surface area (TPSA) is 15.3 Å². The van der Waals surface area contributed by atoms with Crippen LogP contribution in [-0.4, -0.2) is 36.1 Å². The van der Waals surface area contributed by atoms with Gasteiger partial charge in [0.2, 0.25) is 0 Å². The molecule has 0 saturated carbocycles. The van der Waals surface area contributed by atoms with E-state index in [-0.39, 0.29) is 0 Å². The lowest BCUT2D eigenvalue weighted by atomic mass is 9.83. The predicted octanol–water partition coefficient (Wildman–Crippen LogP) is 2.10. The Labute approximate surface area is 89.1 Å². The number of rotatable bonds is 1. The van der Waals surface area contributed by atoms with Crippen molar-refractivity contribution in [2.24, 2.45) is 5.41 Å². The Hall–Kier alpha value is -0.0800. The summed E-state index contributed by atoms with van der Waals surface area (Å²) in [6, 6.07) is 1.96. The minimum Gasteiger partial charge on any atom is -0.311 e. The van der Waals surface area contributed by atoms with Crippen LogP contribution in [0.3, 0.4) is 0 Å². The third-order valence-corrected chi connectivity index (χ3v) is 3.21. The van der Waals surface area contributed by atoms with Crippen LogP contribution in [0, 0.1) is 5.41 Å². The Balaban J connectivity index is 2.73. The molecule has 0 aromatic heterocycles. The maximum absolute atomic E-state index is 3.58. The zero-order valence-corrected chi connectivity index (χ0v) is 10.6. The summed E-state index contributed by atoms with van der Waals surface area (Å²) in [5.41, 5.74) is 0.372. The van der Waals surface area contributed by atoms with Gasteiger partial charge in [0.1, 0.15) is 0 Å². The van der Waals surface area contributed by atoms with Crippen molar-refractivity contribution in [1.82, 2.24) is 10.2 Å². The standard InChI is InChI=1S/C12H26N2/c1-9(2)14-8-10(3)13-7-11(14)12(4,5)6/h9-11,13H,7-8H2,1-6H3. The second-order valence-corrected chi connectivity index (χ2v) is 5.98. The second kappa shape index (κ2) is 4.19. The first-order chi connectivity index (χ1) is 6.32. The lowest BCUT2D eigenvalue weighted by Gasteiger charge is -2.47. The summed E-state index contributed by atoms with van der Waals surface area (Å²) >= 11 is 0. The quantitative estimate of drug-likeness (QED) is 0.694. The summed E-state index contributed by atoms with van der Waals surface area (Å²) in [6.07, 6.45) is 0. The molecular formula is C12H26N2. The monoisotopic (exact) mass is 198 g/mol. The molecule has 1 fully saturated rings. The fourth-order valence-electron chi connectivity index (χ4n) is 2.31. The van der Waals surface area contributed by atoms with Crippen molar-refractivity contribution in [2.75, 3.05) is 13.1 Å². The minimum absolute atomic E-state index is 0.372. The molecule has 0 spiro atoms. The molecule has 2 nitrogen and oxygen atoms in total. The highest BCUT2D eigenvalue weighted by Gasteiger charge is 2.35. The molecule has 84 valence electrons. The first kappa shape index (κ1) is 12.0. The smallest absolute Gasteiger partial charge is 0.0272 e. The van der Waals surface area contributed by atoms with Crippen LogP contribution >= 0.6 is 0 Å². The van der Waals surface area contributed by atoms with E-state index in [1.54, 1.807) is 0 Å². The molecule has 0 aromatic carbocycles. The van der Waals surface area contributed by atoms with Gasteiger partial charge in [-0.1, -0.05) is 20.8 Å². The number of hydrogen-bond donors (Lipinski definition) is 1. The van der Waals surface area contributed by atoms with Gasteiger partial charge in [0.05, 0.1) is 0 Å². The summed E-state index contributed by atoms with van der Waals surface area (Å²) in [6.45, 7) is 16.2. The number of piperazine rings is 1. The van der Waals surface area contributed by atoms with Crippen molar-refractivity contribution in [1.29, 1.82) is 0 Å². The van der Waals surface area contributed by atoms with E-state index in [4.69, 9.17) is 0 Å². The Morgan fingerprint density at radius 3 is 2.29 bits per heavy atom. The van der Waals surface area contributed by atoms with E-state index in [0.29, 0.717) is 23.5 Å². The highest BCUT2D eigenvalue weighted by Crippen LogP contribution is 2.27. The number of nitrogens with one attached hydrogen (secondary N) is 1. The molecule has 1 saturated heterocycles. The molecule has 1 rings (SSSR count). The Morgan fingerprint density at radius 1 is 1.29 bits per heavy atom. The van der Waals surface area contributed by atoms with Crippen LogP contribution < -0.4 is 5.32 Å². The van der Waals surface area contributed by atoms with Crippen molar-refractivity contribution in [2.45, 2.75) is 59.7 Å². The Morgan fingerprint density at radius 2 is 1.86 bits per heavy atom. The van der Waals surface area contributed by atoms with Crippen LogP contribution in [0.25, 0.3) is 0 Å². The summed E-state index contributed by atoms with van der Waals surface area (Å²) in [5, 5.41) is 3.58. The first-order valence-corrected chi connectivity index (χ1v) is 5.81. The van der Waals surface area contributed by atoms with E-state index in [1.807, 2.05) is 0 Å². The highest BCUT2D eigenvalue weighted by atomic mass is 15.3. The van der Waals surface area contributed by atoms with Crippen molar-refractivity contribution in [3.05, 3.63) is 0 Å². The molecule has 2 heteroatoms. The van der Waals surface area contributed by atoms with E-state index >= 15 is 0 Å². The molecule has 1 aliphatic heterocycles. The highest BCUT2D eigenvalue weighted by molar-refractivity contribution is 4.92. The predicted molar refractivity (Wildman–Crippen MR) is 62.5 cm³/mol. The molecule has 0 aliphatic carbocycles. The maximum Gasteiger partial charge on any atom is 0.0272 e. The van der Waals surface area contributed by atoms with Gasteiger partial charge in [-0.05, 0) is 26.2 Å². The lowest BCUT2D eigenvalue weighted by molar-refractivity contribution is 0.0346.